The Bertz CT molecular complexity index is 339. The zero-order valence-electron chi connectivity index (χ0n) is 7.72. The molecule has 0 N–H and O–H groups in total. The van der Waals surface area contributed by atoms with Crippen molar-refractivity contribution in [2.45, 2.75) is 13.3 Å². The van der Waals surface area contributed by atoms with Crippen LogP contribution in [0.2, 0.25) is 0 Å². The third kappa shape index (κ3) is 3.25. The van der Waals surface area contributed by atoms with Gasteiger partial charge < -0.3 is 4.74 Å². The lowest BCUT2D eigenvalue weighted by atomic mass is 10.1. The second kappa shape index (κ2) is 5.29. The number of esters is 1. The van der Waals surface area contributed by atoms with Crippen molar-refractivity contribution in [2.24, 2.45) is 0 Å². The highest BCUT2D eigenvalue weighted by atomic mass is 127. The Morgan fingerprint density at radius 2 is 2.29 bits per heavy atom. The van der Waals surface area contributed by atoms with Crippen molar-refractivity contribution in [1.29, 1.82) is 0 Å². The lowest BCUT2D eigenvalue weighted by molar-refractivity contribution is -0.142. The molecular weight excluding hydrogens is 298 g/mol. The van der Waals surface area contributed by atoms with Crippen molar-refractivity contribution in [2.75, 3.05) is 6.61 Å². The zero-order chi connectivity index (χ0) is 10.6. The van der Waals surface area contributed by atoms with Crippen molar-refractivity contribution < 1.29 is 13.9 Å². The van der Waals surface area contributed by atoms with Crippen LogP contribution < -0.4 is 0 Å². The summed E-state index contributed by atoms with van der Waals surface area (Å²) >= 11 is 2.00. The van der Waals surface area contributed by atoms with Crippen LogP contribution in [0.25, 0.3) is 0 Å². The van der Waals surface area contributed by atoms with Gasteiger partial charge in [-0.3, -0.25) is 4.79 Å². The molecule has 0 fully saturated rings. The van der Waals surface area contributed by atoms with Crippen molar-refractivity contribution in [3.63, 3.8) is 0 Å². The lowest BCUT2D eigenvalue weighted by Gasteiger charge is -2.04. The van der Waals surface area contributed by atoms with Crippen LogP contribution in [-0.2, 0) is 16.0 Å². The fraction of sp³-hybridized carbons (Fsp3) is 0.300. The summed E-state index contributed by atoms with van der Waals surface area (Å²) in [7, 11) is 0. The molecule has 0 aliphatic carbocycles. The molecular formula is C10H10FIO2. The Labute approximate surface area is 95.6 Å². The summed E-state index contributed by atoms with van der Waals surface area (Å²) in [5.74, 6) is -0.570. The fourth-order valence-corrected chi connectivity index (χ4v) is 1.70. The highest BCUT2D eigenvalue weighted by molar-refractivity contribution is 14.1. The molecule has 2 nitrogen and oxygen atoms in total. The fourth-order valence-electron chi connectivity index (χ4n) is 1.03. The largest absolute Gasteiger partial charge is 0.466 e. The first-order chi connectivity index (χ1) is 6.63. The predicted octanol–water partition coefficient (Wildman–Crippen LogP) is 2.54. The van der Waals surface area contributed by atoms with E-state index in [4.69, 9.17) is 4.74 Å². The van der Waals surface area contributed by atoms with Crippen LogP contribution in [0.5, 0.6) is 0 Å². The van der Waals surface area contributed by atoms with E-state index in [2.05, 4.69) is 0 Å². The third-order valence-corrected chi connectivity index (χ3v) is 2.66. The number of benzene rings is 1. The average Bonchev–Trinajstić information content (AvgIpc) is 2.10. The van der Waals surface area contributed by atoms with E-state index in [0.29, 0.717) is 6.61 Å². The van der Waals surface area contributed by atoms with E-state index in [1.165, 1.54) is 12.1 Å². The minimum absolute atomic E-state index is 0.201. The SMILES string of the molecule is CCOC(=O)Cc1ccc(F)cc1I. The van der Waals surface area contributed by atoms with Gasteiger partial charge in [-0.1, -0.05) is 6.07 Å². The molecule has 0 bridgehead atoms. The Morgan fingerprint density at radius 3 is 2.86 bits per heavy atom. The van der Waals surface area contributed by atoms with Gasteiger partial charge in [-0.25, -0.2) is 4.39 Å². The molecule has 0 aliphatic heterocycles. The number of ether oxygens (including phenoxy) is 1. The smallest absolute Gasteiger partial charge is 0.310 e. The molecule has 0 amide bonds. The van der Waals surface area contributed by atoms with Gasteiger partial charge in [-0.05, 0) is 47.2 Å². The van der Waals surface area contributed by atoms with Crippen LogP contribution in [0.3, 0.4) is 0 Å². The van der Waals surface area contributed by atoms with E-state index in [9.17, 15) is 9.18 Å². The summed E-state index contributed by atoms with van der Waals surface area (Å²) in [6, 6.07) is 4.35. The number of carbonyl (C=O) groups is 1. The summed E-state index contributed by atoms with van der Waals surface area (Å²) in [5, 5.41) is 0. The minimum atomic E-state index is -0.290. The molecule has 0 aliphatic rings. The second-order valence-corrected chi connectivity index (χ2v) is 3.88. The number of hydrogen-bond acceptors (Lipinski definition) is 2. The number of rotatable bonds is 3. The molecule has 0 radical (unpaired) electrons. The first kappa shape index (κ1) is 11.4. The third-order valence-electron chi connectivity index (χ3n) is 1.66. The van der Waals surface area contributed by atoms with Crippen LogP contribution >= 0.6 is 22.6 Å². The predicted molar refractivity (Wildman–Crippen MR) is 59.5 cm³/mol. The average molecular weight is 308 g/mol. The van der Waals surface area contributed by atoms with Gasteiger partial charge in [0.25, 0.3) is 0 Å². The minimum Gasteiger partial charge on any atom is -0.466 e. The van der Waals surface area contributed by atoms with Crippen LogP contribution in [0.1, 0.15) is 12.5 Å². The molecule has 14 heavy (non-hydrogen) atoms. The molecule has 4 heteroatoms. The van der Waals surface area contributed by atoms with Gasteiger partial charge in [-0.15, -0.1) is 0 Å². The van der Waals surface area contributed by atoms with Crippen molar-refractivity contribution in [1.82, 2.24) is 0 Å². The van der Waals surface area contributed by atoms with E-state index in [-0.39, 0.29) is 18.2 Å². The van der Waals surface area contributed by atoms with Gasteiger partial charge in [-0.2, -0.15) is 0 Å². The second-order valence-electron chi connectivity index (χ2n) is 2.72. The highest BCUT2D eigenvalue weighted by Crippen LogP contribution is 2.14. The molecule has 0 atom stereocenters. The Balaban J connectivity index is 2.72. The maximum atomic E-state index is 12.7. The Kier molecular flexibility index (Phi) is 4.31. The molecule has 1 rings (SSSR count). The highest BCUT2D eigenvalue weighted by Gasteiger charge is 2.07. The maximum Gasteiger partial charge on any atom is 0.310 e. The summed E-state index contributed by atoms with van der Waals surface area (Å²) in [5.41, 5.74) is 0.797. The molecule has 0 saturated carbocycles. The van der Waals surface area contributed by atoms with E-state index in [0.717, 1.165) is 9.13 Å². The number of hydrogen-bond donors (Lipinski definition) is 0. The van der Waals surface area contributed by atoms with Crippen molar-refractivity contribution in [3.8, 4) is 0 Å². The monoisotopic (exact) mass is 308 g/mol. The lowest BCUT2D eigenvalue weighted by Crippen LogP contribution is -2.08. The number of halogens is 2. The summed E-state index contributed by atoms with van der Waals surface area (Å²) in [6.45, 7) is 2.13. The topological polar surface area (TPSA) is 26.3 Å². The molecule has 1 aromatic carbocycles. The van der Waals surface area contributed by atoms with Gasteiger partial charge in [0.1, 0.15) is 5.82 Å². The van der Waals surface area contributed by atoms with Gasteiger partial charge in [0.2, 0.25) is 0 Å². The van der Waals surface area contributed by atoms with Crippen LogP contribution in [-0.4, -0.2) is 12.6 Å². The van der Waals surface area contributed by atoms with Gasteiger partial charge in [0, 0.05) is 3.57 Å². The first-order valence-corrected chi connectivity index (χ1v) is 5.31. The van der Waals surface area contributed by atoms with Crippen LogP contribution in [0, 0.1) is 9.39 Å². The molecule has 0 unspecified atom stereocenters. The maximum absolute atomic E-state index is 12.7. The van der Waals surface area contributed by atoms with Gasteiger partial charge >= 0.3 is 5.97 Å². The van der Waals surface area contributed by atoms with E-state index >= 15 is 0 Å². The Morgan fingerprint density at radius 1 is 1.57 bits per heavy atom. The summed E-state index contributed by atoms with van der Waals surface area (Å²) in [4.78, 5) is 11.1. The first-order valence-electron chi connectivity index (χ1n) is 4.23. The van der Waals surface area contributed by atoms with Crippen LogP contribution in [0.4, 0.5) is 4.39 Å². The van der Waals surface area contributed by atoms with Crippen molar-refractivity contribution >= 4 is 28.6 Å². The molecule has 0 spiro atoms. The van der Waals surface area contributed by atoms with E-state index in [1.807, 2.05) is 22.6 Å². The van der Waals surface area contributed by atoms with E-state index < -0.39 is 0 Å². The Hall–Kier alpha value is -0.650. The molecule has 1 aromatic rings. The van der Waals surface area contributed by atoms with Gasteiger partial charge in [0.05, 0.1) is 13.0 Å². The zero-order valence-corrected chi connectivity index (χ0v) is 9.88. The summed E-state index contributed by atoms with van der Waals surface area (Å²) in [6.07, 6.45) is 0.201. The standard InChI is InChI=1S/C10H10FIO2/c1-2-14-10(13)5-7-3-4-8(11)6-9(7)12/h3-4,6H,2,5H2,1H3. The molecule has 0 heterocycles. The quantitative estimate of drug-likeness (QED) is 0.633. The molecule has 0 aromatic heterocycles. The van der Waals surface area contributed by atoms with E-state index in [1.54, 1.807) is 13.0 Å². The molecule has 76 valence electrons. The normalized spacial score (nSPS) is 9.93. The van der Waals surface area contributed by atoms with Crippen LogP contribution in [0.15, 0.2) is 18.2 Å². The molecule has 0 saturated heterocycles. The van der Waals surface area contributed by atoms with Crippen molar-refractivity contribution in [3.05, 3.63) is 33.1 Å². The van der Waals surface area contributed by atoms with Gasteiger partial charge in [0.15, 0.2) is 0 Å². The number of carbonyl (C=O) groups excluding carboxylic acids is 1. The summed E-state index contributed by atoms with van der Waals surface area (Å²) < 4.78 is 18.3.